The molecule has 0 saturated carbocycles. The molecule has 0 aromatic carbocycles. The zero-order valence-corrected chi connectivity index (χ0v) is 20.1. The smallest absolute Gasteiger partial charge is 0.241 e. The fourth-order valence-electron chi connectivity index (χ4n) is 3.19. The van der Waals surface area contributed by atoms with E-state index in [0.29, 0.717) is 36.3 Å². The van der Waals surface area contributed by atoms with Crippen LogP contribution in [0.2, 0.25) is 0 Å². The minimum atomic E-state index is -3.59. The van der Waals surface area contributed by atoms with Crippen LogP contribution in [0.25, 0.3) is 0 Å². The molecule has 32 heavy (non-hydrogen) atoms. The Morgan fingerprint density at radius 3 is 2.28 bits per heavy atom. The van der Waals surface area contributed by atoms with Crippen LogP contribution in [0.4, 0.5) is 11.9 Å². The highest BCUT2D eigenvalue weighted by Crippen LogP contribution is 2.29. The van der Waals surface area contributed by atoms with E-state index in [1.165, 1.54) is 14.2 Å². The highest BCUT2D eigenvalue weighted by atomic mass is 32.2. The van der Waals surface area contributed by atoms with Gasteiger partial charge in [0.1, 0.15) is 5.82 Å². The Bertz CT molecular complexity index is 1000. The van der Waals surface area contributed by atoms with Crippen LogP contribution >= 0.6 is 0 Å². The highest BCUT2D eigenvalue weighted by molar-refractivity contribution is 7.91. The molecule has 0 aliphatic heterocycles. The van der Waals surface area contributed by atoms with Gasteiger partial charge in [0, 0.05) is 18.1 Å². The number of ether oxygens (including phenoxy) is 2. The summed E-state index contributed by atoms with van der Waals surface area (Å²) < 4.78 is 36.3. The molecule has 178 valence electrons. The van der Waals surface area contributed by atoms with Gasteiger partial charge in [0.2, 0.25) is 33.7 Å². The zero-order chi connectivity index (χ0) is 23.9. The second-order valence-electron chi connectivity index (χ2n) is 7.98. The molecule has 2 atom stereocenters. The van der Waals surface area contributed by atoms with E-state index in [4.69, 9.17) is 9.47 Å². The summed E-state index contributed by atoms with van der Waals surface area (Å²) in [6, 6.07) is 3.32. The van der Waals surface area contributed by atoms with Crippen LogP contribution in [-0.2, 0) is 16.4 Å². The molecule has 12 heteroatoms. The third-order valence-corrected chi connectivity index (χ3v) is 5.11. The standard InChI is InChI=1S/C20H32N6O5S/c1-12(2)9-14(11-27)21-19-22-16(23-20(25-19)26-32(6,28)29)10-13(3)15-7-8-17(30-4)24-18(15)31-5/h7-8,12-14,27H,9-11H2,1-6H3,(H2,21,22,23,25,26)/t13?,14-/m1/s1. The molecule has 0 saturated heterocycles. The lowest BCUT2D eigenvalue weighted by atomic mass is 9.98. The van der Waals surface area contributed by atoms with Crippen LogP contribution in [0.5, 0.6) is 11.8 Å². The van der Waals surface area contributed by atoms with Gasteiger partial charge in [0.15, 0.2) is 0 Å². The third-order valence-electron chi connectivity index (χ3n) is 4.55. The SMILES string of the molecule is COc1ccc(C(C)Cc2nc(N[C@@H](CO)CC(C)C)nc(NS(C)(=O)=O)n2)c(OC)n1. The Morgan fingerprint density at radius 1 is 1.03 bits per heavy atom. The van der Waals surface area contributed by atoms with E-state index in [2.05, 4.69) is 30.0 Å². The van der Waals surface area contributed by atoms with Gasteiger partial charge in [-0.2, -0.15) is 19.9 Å². The first kappa shape index (κ1) is 25.5. The van der Waals surface area contributed by atoms with Gasteiger partial charge in [0.05, 0.1) is 33.1 Å². The lowest BCUT2D eigenvalue weighted by Gasteiger charge is -2.19. The second kappa shape index (κ2) is 11.2. The largest absolute Gasteiger partial charge is 0.481 e. The highest BCUT2D eigenvalue weighted by Gasteiger charge is 2.19. The number of hydrogen-bond acceptors (Lipinski definition) is 10. The van der Waals surface area contributed by atoms with Crippen molar-refractivity contribution in [2.75, 3.05) is 37.1 Å². The average Bonchev–Trinajstić information content (AvgIpc) is 2.70. The molecular weight excluding hydrogens is 436 g/mol. The number of anilines is 2. The van der Waals surface area contributed by atoms with Gasteiger partial charge in [-0.05, 0) is 24.3 Å². The number of nitrogens with one attached hydrogen (secondary N) is 2. The van der Waals surface area contributed by atoms with Crippen molar-refractivity contribution in [2.45, 2.75) is 45.6 Å². The number of pyridine rings is 1. The van der Waals surface area contributed by atoms with Crippen molar-refractivity contribution >= 4 is 21.9 Å². The number of hydrogen-bond donors (Lipinski definition) is 3. The lowest BCUT2D eigenvalue weighted by Crippen LogP contribution is -2.27. The van der Waals surface area contributed by atoms with Crippen molar-refractivity contribution in [3.05, 3.63) is 23.5 Å². The number of aliphatic hydroxyl groups excluding tert-OH is 1. The van der Waals surface area contributed by atoms with Gasteiger partial charge < -0.3 is 19.9 Å². The summed E-state index contributed by atoms with van der Waals surface area (Å²) in [5.74, 6) is 1.57. The predicted octanol–water partition coefficient (Wildman–Crippen LogP) is 1.82. The molecule has 0 spiro atoms. The molecular formula is C20H32N6O5S. The normalized spacial score (nSPS) is 13.5. The van der Waals surface area contributed by atoms with Gasteiger partial charge in [0.25, 0.3) is 0 Å². The molecule has 0 aliphatic rings. The molecule has 11 nitrogen and oxygen atoms in total. The van der Waals surface area contributed by atoms with Crippen molar-refractivity contribution < 1.29 is 23.0 Å². The first-order valence-electron chi connectivity index (χ1n) is 10.2. The van der Waals surface area contributed by atoms with Gasteiger partial charge in [-0.15, -0.1) is 0 Å². The van der Waals surface area contributed by atoms with Gasteiger partial charge in [-0.3, -0.25) is 4.72 Å². The molecule has 2 rings (SSSR count). The Balaban J connectivity index is 2.35. The lowest BCUT2D eigenvalue weighted by molar-refractivity contribution is 0.259. The van der Waals surface area contributed by atoms with Crippen molar-refractivity contribution in [1.82, 2.24) is 19.9 Å². The van der Waals surface area contributed by atoms with E-state index >= 15 is 0 Å². The summed E-state index contributed by atoms with van der Waals surface area (Å²) >= 11 is 0. The van der Waals surface area contributed by atoms with Crippen molar-refractivity contribution in [3.63, 3.8) is 0 Å². The molecule has 3 N–H and O–H groups in total. The molecule has 0 aliphatic carbocycles. The Hall–Kier alpha value is -2.73. The van der Waals surface area contributed by atoms with Crippen LogP contribution in [0.3, 0.4) is 0 Å². The molecule has 1 unspecified atom stereocenters. The minimum absolute atomic E-state index is 0.0896. The summed E-state index contributed by atoms with van der Waals surface area (Å²) in [5, 5.41) is 12.8. The van der Waals surface area contributed by atoms with Crippen molar-refractivity contribution in [1.29, 1.82) is 0 Å². The van der Waals surface area contributed by atoms with E-state index in [1.54, 1.807) is 6.07 Å². The Morgan fingerprint density at radius 2 is 1.72 bits per heavy atom. The molecule has 0 bridgehead atoms. The summed E-state index contributed by atoms with van der Waals surface area (Å²) in [4.78, 5) is 17.2. The monoisotopic (exact) mass is 468 g/mol. The summed E-state index contributed by atoms with van der Waals surface area (Å²) in [7, 11) is -0.531. The quantitative estimate of drug-likeness (QED) is 0.421. The van der Waals surface area contributed by atoms with Crippen LogP contribution in [-0.4, -0.2) is 66.6 Å². The summed E-state index contributed by atoms with van der Waals surface area (Å²) in [6.07, 6.45) is 2.08. The van der Waals surface area contributed by atoms with Crippen LogP contribution < -0.4 is 19.5 Å². The number of aliphatic hydroxyl groups is 1. The molecule has 0 radical (unpaired) electrons. The van der Waals surface area contributed by atoms with E-state index in [1.807, 2.05) is 26.8 Å². The van der Waals surface area contributed by atoms with E-state index in [0.717, 1.165) is 11.8 Å². The van der Waals surface area contributed by atoms with Crippen LogP contribution in [0, 0.1) is 5.92 Å². The van der Waals surface area contributed by atoms with Gasteiger partial charge in [-0.1, -0.05) is 20.8 Å². The molecule has 2 heterocycles. The van der Waals surface area contributed by atoms with Crippen LogP contribution in [0.15, 0.2) is 12.1 Å². The Kier molecular flexibility index (Phi) is 8.96. The fourth-order valence-corrected chi connectivity index (χ4v) is 3.61. The van der Waals surface area contributed by atoms with Gasteiger partial charge >= 0.3 is 0 Å². The van der Waals surface area contributed by atoms with Crippen molar-refractivity contribution in [3.8, 4) is 11.8 Å². The number of rotatable bonds is 12. The average molecular weight is 469 g/mol. The fraction of sp³-hybridized carbons (Fsp3) is 0.600. The number of methoxy groups -OCH3 is 2. The van der Waals surface area contributed by atoms with Gasteiger partial charge in [-0.25, -0.2) is 8.42 Å². The van der Waals surface area contributed by atoms with E-state index in [-0.39, 0.29) is 30.5 Å². The minimum Gasteiger partial charge on any atom is -0.481 e. The molecule has 0 amide bonds. The van der Waals surface area contributed by atoms with E-state index < -0.39 is 10.0 Å². The van der Waals surface area contributed by atoms with Crippen LogP contribution in [0.1, 0.15) is 44.5 Å². The third kappa shape index (κ3) is 7.75. The summed E-state index contributed by atoms with van der Waals surface area (Å²) in [6.45, 7) is 5.93. The predicted molar refractivity (Wildman–Crippen MR) is 122 cm³/mol. The Labute approximate surface area is 189 Å². The zero-order valence-electron chi connectivity index (χ0n) is 19.3. The molecule has 0 fully saturated rings. The maximum Gasteiger partial charge on any atom is 0.241 e. The maximum absolute atomic E-state index is 11.7. The maximum atomic E-state index is 11.7. The topological polar surface area (TPSA) is 148 Å². The number of aromatic nitrogens is 4. The first-order chi connectivity index (χ1) is 15.0. The van der Waals surface area contributed by atoms with Crippen molar-refractivity contribution in [2.24, 2.45) is 5.92 Å². The molecule has 2 aromatic heterocycles. The summed E-state index contributed by atoms with van der Waals surface area (Å²) in [5.41, 5.74) is 0.828. The first-order valence-corrected chi connectivity index (χ1v) is 12.1. The molecule has 2 aromatic rings. The number of sulfonamides is 1. The second-order valence-corrected chi connectivity index (χ2v) is 9.73. The number of nitrogens with zero attached hydrogens (tertiary/aromatic N) is 4. The van der Waals surface area contributed by atoms with E-state index in [9.17, 15) is 13.5 Å².